The van der Waals surface area contributed by atoms with Gasteiger partial charge in [-0.3, -0.25) is 14.2 Å². The third-order valence-electron chi connectivity index (χ3n) is 5.87. The van der Waals surface area contributed by atoms with E-state index in [1.807, 2.05) is 35.2 Å². The molecule has 0 unspecified atom stereocenters. The van der Waals surface area contributed by atoms with E-state index in [0.717, 1.165) is 50.5 Å². The first-order valence-electron chi connectivity index (χ1n) is 11.3. The monoisotopic (exact) mass is 458 g/mol. The molecule has 0 aliphatic carbocycles. The Kier molecular flexibility index (Phi) is 9.32. The van der Waals surface area contributed by atoms with Crippen molar-refractivity contribution in [1.29, 1.82) is 0 Å². The van der Waals surface area contributed by atoms with Crippen LogP contribution in [0.2, 0.25) is 0 Å². The van der Waals surface area contributed by atoms with Gasteiger partial charge in [-0.25, -0.2) is 4.98 Å². The molecule has 1 aromatic heterocycles. The maximum atomic E-state index is 13.1. The number of methoxy groups -OCH3 is 1. The minimum atomic E-state index is -0.0386. The highest BCUT2D eigenvalue weighted by molar-refractivity contribution is 7.99. The first-order valence-corrected chi connectivity index (χ1v) is 12.3. The molecule has 3 rings (SSSR count). The van der Waals surface area contributed by atoms with Crippen molar-refractivity contribution < 1.29 is 9.53 Å². The second-order valence-corrected chi connectivity index (χ2v) is 9.11. The number of likely N-dealkylation sites (N-methyl/N-ethyl adjacent to an activating group) is 1. The number of aromatic nitrogens is 2. The standard InChI is InChI=1S/C24H34N4O3S/c1-4-27-12-14-28(15-13-27)22(29)11-8-16-32-24-25-21(18-31-3)20(23(30)26(24)2)17-19-9-6-5-7-10-19/h5-7,9-10H,4,8,11-18H2,1-3H3. The van der Waals surface area contributed by atoms with Crippen molar-refractivity contribution >= 4 is 17.7 Å². The number of nitrogens with zero attached hydrogens (tertiary/aromatic N) is 4. The summed E-state index contributed by atoms with van der Waals surface area (Å²) in [5.74, 6) is 0.965. The Morgan fingerprint density at radius 1 is 1.16 bits per heavy atom. The van der Waals surface area contributed by atoms with Crippen LogP contribution in [0.3, 0.4) is 0 Å². The molecule has 1 amide bonds. The predicted octanol–water partition coefficient (Wildman–Crippen LogP) is 2.55. The highest BCUT2D eigenvalue weighted by Gasteiger charge is 2.20. The van der Waals surface area contributed by atoms with Crippen LogP contribution in [-0.4, -0.2) is 70.8 Å². The Hall–Kier alpha value is -2.16. The predicted molar refractivity (Wildman–Crippen MR) is 128 cm³/mol. The Bertz CT molecular complexity index is 940. The number of carbonyl (C=O) groups is 1. The second kappa shape index (κ2) is 12.2. The van der Waals surface area contributed by atoms with Crippen LogP contribution in [-0.2, 0) is 29.6 Å². The minimum absolute atomic E-state index is 0.0386. The Labute approximate surface area is 194 Å². The molecule has 1 aliphatic rings. The Morgan fingerprint density at radius 3 is 2.53 bits per heavy atom. The van der Waals surface area contributed by atoms with E-state index >= 15 is 0 Å². The SMILES string of the molecule is CCN1CCN(C(=O)CCCSc2nc(COC)c(Cc3ccccc3)c(=O)n2C)CC1. The van der Waals surface area contributed by atoms with Crippen LogP contribution in [0, 0.1) is 0 Å². The molecule has 0 radical (unpaired) electrons. The van der Waals surface area contributed by atoms with Crippen molar-refractivity contribution in [2.75, 3.05) is 45.6 Å². The highest BCUT2D eigenvalue weighted by atomic mass is 32.2. The maximum absolute atomic E-state index is 13.1. The number of hydrogen-bond donors (Lipinski definition) is 0. The normalized spacial score (nSPS) is 14.7. The fraction of sp³-hybridized carbons (Fsp3) is 0.542. The van der Waals surface area contributed by atoms with Crippen molar-refractivity contribution in [3.05, 3.63) is 57.5 Å². The van der Waals surface area contributed by atoms with E-state index < -0.39 is 0 Å². The van der Waals surface area contributed by atoms with E-state index in [2.05, 4.69) is 11.8 Å². The zero-order chi connectivity index (χ0) is 22.9. The van der Waals surface area contributed by atoms with Gasteiger partial charge in [-0.2, -0.15) is 0 Å². The quantitative estimate of drug-likeness (QED) is 0.310. The van der Waals surface area contributed by atoms with E-state index in [1.54, 1.807) is 18.7 Å². The van der Waals surface area contributed by atoms with Gasteiger partial charge in [0.25, 0.3) is 5.56 Å². The van der Waals surface area contributed by atoms with Gasteiger partial charge in [0.2, 0.25) is 5.91 Å². The van der Waals surface area contributed by atoms with E-state index in [4.69, 9.17) is 9.72 Å². The van der Waals surface area contributed by atoms with Gasteiger partial charge >= 0.3 is 0 Å². The van der Waals surface area contributed by atoms with E-state index in [9.17, 15) is 9.59 Å². The molecule has 32 heavy (non-hydrogen) atoms. The molecule has 174 valence electrons. The van der Waals surface area contributed by atoms with Gasteiger partial charge in [-0.15, -0.1) is 0 Å². The molecule has 0 N–H and O–H groups in total. The number of thioether (sulfide) groups is 1. The summed E-state index contributed by atoms with van der Waals surface area (Å²) in [7, 11) is 3.38. The summed E-state index contributed by atoms with van der Waals surface area (Å²) in [6.45, 7) is 7.05. The van der Waals surface area contributed by atoms with Crippen LogP contribution in [0.4, 0.5) is 0 Å². The maximum Gasteiger partial charge on any atom is 0.257 e. The van der Waals surface area contributed by atoms with Crippen LogP contribution in [0.5, 0.6) is 0 Å². The molecule has 1 aromatic carbocycles. The summed E-state index contributed by atoms with van der Waals surface area (Å²) in [6, 6.07) is 9.93. The lowest BCUT2D eigenvalue weighted by Crippen LogP contribution is -2.48. The molecular formula is C24H34N4O3S. The summed E-state index contributed by atoms with van der Waals surface area (Å²) >= 11 is 1.53. The summed E-state index contributed by atoms with van der Waals surface area (Å²) in [4.78, 5) is 34.7. The molecule has 1 saturated heterocycles. The second-order valence-electron chi connectivity index (χ2n) is 8.05. The van der Waals surface area contributed by atoms with Crippen LogP contribution < -0.4 is 5.56 Å². The lowest BCUT2D eigenvalue weighted by Gasteiger charge is -2.34. The molecule has 2 aromatic rings. The lowest BCUT2D eigenvalue weighted by molar-refractivity contribution is -0.132. The molecule has 7 nitrogen and oxygen atoms in total. The van der Waals surface area contributed by atoms with Crippen molar-refractivity contribution in [1.82, 2.24) is 19.4 Å². The molecule has 0 bridgehead atoms. The number of piperazine rings is 1. The zero-order valence-electron chi connectivity index (χ0n) is 19.4. The van der Waals surface area contributed by atoms with Crippen molar-refractivity contribution in [2.24, 2.45) is 7.05 Å². The zero-order valence-corrected chi connectivity index (χ0v) is 20.2. The van der Waals surface area contributed by atoms with Gasteiger partial charge in [0.1, 0.15) is 0 Å². The summed E-state index contributed by atoms with van der Waals surface area (Å²) in [5, 5.41) is 0.669. The van der Waals surface area contributed by atoms with Crippen molar-refractivity contribution in [3.63, 3.8) is 0 Å². The van der Waals surface area contributed by atoms with Crippen LogP contribution in [0.15, 0.2) is 40.3 Å². The lowest BCUT2D eigenvalue weighted by atomic mass is 10.0. The average Bonchev–Trinajstić information content (AvgIpc) is 2.82. The van der Waals surface area contributed by atoms with E-state index in [1.165, 1.54) is 11.8 Å². The van der Waals surface area contributed by atoms with E-state index in [0.29, 0.717) is 35.9 Å². The molecular weight excluding hydrogens is 424 g/mol. The number of carbonyl (C=O) groups excluding carboxylic acids is 1. The Balaban J connectivity index is 1.59. The van der Waals surface area contributed by atoms with Crippen LogP contribution >= 0.6 is 11.8 Å². The van der Waals surface area contributed by atoms with Gasteiger partial charge in [0.15, 0.2) is 5.16 Å². The van der Waals surface area contributed by atoms with E-state index in [-0.39, 0.29) is 11.5 Å². The van der Waals surface area contributed by atoms with Crippen molar-refractivity contribution in [3.8, 4) is 0 Å². The number of rotatable bonds is 10. The number of amides is 1. The average molecular weight is 459 g/mol. The fourth-order valence-electron chi connectivity index (χ4n) is 3.89. The molecule has 8 heteroatoms. The third kappa shape index (κ3) is 6.43. The molecule has 0 spiro atoms. The van der Waals surface area contributed by atoms with Gasteiger partial charge in [-0.05, 0) is 18.5 Å². The molecule has 1 fully saturated rings. The first-order chi connectivity index (χ1) is 15.5. The molecule has 2 heterocycles. The Morgan fingerprint density at radius 2 is 1.88 bits per heavy atom. The van der Waals surface area contributed by atoms with Crippen LogP contribution in [0.25, 0.3) is 0 Å². The van der Waals surface area contributed by atoms with Gasteiger partial charge < -0.3 is 14.5 Å². The number of benzene rings is 1. The summed E-state index contributed by atoms with van der Waals surface area (Å²) in [6.07, 6.45) is 1.83. The highest BCUT2D eigenvalue weighted by Crippen LogP contribution is 2.19. The van der Waals surface area contributed by atoms with Gasteiger partial charge in [0.05, 0.1) is 12.3 Å². The smallest absolute Gasteiger partial charge is 0.257 e. The molecule has 0 atom stereocenters. The largest absolute Gasteiger partial charge is 0.378 e. The summed E-state index contributed by atoms with van der Waals surface area (Å²) < 4.78 is 6.94. The number of ether oxygens (including phenoxy) is 1. The summed E-state index contributed by atoms with van der Waals surface area (Å²) in [5.41, 5.74) is 2.39. The first kappa shape index (κ1) is 24.5. The topological polar surface area (TPSA) is 67.7 Å². The van der Waals surface area contributed by atoms with Gasteiger partial charge in [0, 0.05) is 64.5 Å². The fourth-order valence-corrected chi connectivity index (χ4v) is 4.81. The molecule has 1 aliphatic heterocycles. The van der Waals surface area contributed by atoms with Crippen molar-refractivity contribution in [2.45, 2.75) is 37.9 Å². The van der Waals surface area contributed by atoms with Crippen LogP contribution in [0.1, 0.15) is 36.6 Å². The molecule has 0 saturated carbocycles. The van der Waals surface area contributed by atoms with Gasteiger partial charge in [-0.1, -0.05) is 49.0 Å². The third-order valence-corrected chi connectivity index (χ3v) is 6.99. The number of hydrogen-bond acceptors (Lipinski definition) is 6. The minimum Gasteiger partial charge on any atom is -0.378 e.